The Labute approximate surface area is 224 Å². The lowest BCUT2D eigenvalue weighted by atomic mass is 9.83. The van der Waals surface area contributed by atoms with Crippen molar-refractivity contribution in [2.24, 2.45) is 0 Å². The molecule has 0 saturated carbocycles. The first-order valence-electron chi connectivity index (χ1n) is 11.9. The third kappa shape index (κ3) is 7.55. The maximum absolute atomic E-state index is 13.4. The third-order valence-corrected chi connectivity index (χ3v) is 6.43. The van der Waals surface area contributed by atoms with Crippen molar-refractivity contribution in [2.75, 3.05) is 25.6 Å². The van der Waals surface area contributed by atoms with Gasteiger partial charge in [-0.15, -0.1) is 0 Å². The first kappa shape index (κ1) is 28.2. The van der Waals surface area contributed by atoms with Gasteiger partial charge in [0, 0.05) is 28.2 Å². The van der Waals surface area contributed by atoms with E-state index in [1.54, 1.807) is 26.8 Å². The van der Waals surface area contributed by atoms with Crippen LogP contribution in [0.1, 0.15) is 55.5 Å². The Morgan fingerprint density at radius 2 is 1.78 bits per heavy atom. The van der Waals surface area contributed by atoms with Gasteiger partial charge in [-0.1, -0.05) is 30.3 Å². The average molecular weight is 575 g/mol. The molecular weight excluding hydrogens is 544 g/mol. The van der Waals surface area contributed by atoms with E-state index in [1.165, 1.54) is 24.1 Å². The first-order chi connectivity index (χ1) is 17.5. The number of halogens is 1. The summed E-state index contributed by atoms with van der Waals surface area (Å²) in [5.41, 5.74) is 0.867. The topological polar surface area (TPSA) is 111 Å². The summed E-state index contributed by atoms with van der Waals surface area (Å²) in [6.07, 6.45) is 0.130. The fourth-order valence-corrected chi connectivity index (χ4v) is 4.75. The molecule has 3 rings (SSSR count). The minimum Gasteiger partial charge on any atom is -0.456 e. The normalized spacial score (nSPS) is 17.5. The van der Waals surface area contributed by atoms with E-state index in [-0.39, 0.29) is 11.5 Å². The van der Waals surface area contributed by atoms with E-state index in [4.69, 9.17) is 9.47 Å². The van der Waals surface area contributed by atoms with E-state index >= 15 is 0 Å². The number of esters is 1. The molecule has 0 aromatic heterocycles. The summed E-state index contributed by atoms with van der Waals surface area (Å²) in [6.45, 7) is 5.12. The molecule has 37 heavy (non-hydrogen) atoms. The highest BCUT2D eigenvalue weighted by atomic mass is 79.9. The van der Waals surface area contributed by atoms with E-state index < -0.39 is 42.2 Å². The highest BCUT2D eigenvalue weighted by Gasteiger charge is 2.43. The average Bonchev–Trinajstić information content (AvgIpc) is 2.86. The number of carbonyl (C=O) groups is 4. The molecule has 1 N–H and O–H groups in total. The molecule has 2 amide bonds. The number of hydrogen-bond acceptors (Lipinski definition) is 7. The maximum Gasteiger partial charge on any atom is 0.411 e. The van der Waals surface area contributed by atoms with Crippen LogP contribution >= 0.6 is 15.9 Å². The molecule has 0 radical (unpaired) electrons. The number of Topliss-reactive ketones (excluding diaryl/α,β-unsaturated/α-hetero) is 1. The Kier molecular flexibility index (Phi) is 9.31. The molecule has 1 saturated heterocycles. The predicted molar refractivity (Wildman–Crippen MR) is 141 cm³/mol. The first-order valence-corrected chi connectivity index (χ1v) is 12.7. The molecular formula is C27H31BrN2O7. The van der Waals surface area contributed by atoms with Gasteiger partial charge in [0.15, 0.2) is 6.61 Å². The fraction of sp³-hybridized carbons (Fsp3) is 0.407. The van der Waals surface area contributed by atoms with E-state index in [2.05, 4.69) is 26.0 Å². The lowest BCUT2D eigenvalue weighted by Crippen LogP contribution is -2.53. The van der Waals surface area contributed by atoms with Crippen LogP contribution in [-0.4, -0.2) is 60.7 Å². The minimum atomic E-state index is -0.936. The van der Waals surface area contributed by atoms with Gasteiger partial charge in [-0.2, -0.15) is 0 Å². The predicted octanol–water partition coefficient (Wildman–Crippen LogP) is 5.54. The van der Waals surface area contributed by atoms with Gasteiger partial charge in [-0.05, 0) is 73.3 Å². The molecule has 1 aliphatic rings. The second kappa shape index (κ2) is 12.2. The molecule has 198 valence electrons. The van der Waals surface area contributed by atoms with Crippen LogP contribution in [0, 0.1) is 0 Å². The number of rotatable bonds is 6. The SMILES string of the molecule is COC(=O)Nc1ccc(C(=O)COC(=O)[C@@H]2[C@H](c3ccccc3)CCCN2C(=O)OC(C)(C)C)c(Br)c1. The molecule has 10 heteroatoms. The van der Waals surface area contributed by atoms with Gasteiger partial charge >= 0.3 is 18.2 Å². The molecule has 2 aromatic rings. The number of ketones is 1. The van der Waals surface area contributed by atoms with E-state index in [9.17, 15) is 19.2 Å². The Hall–Kier alpha value is -3.40. The quantitative estimate of drug-likeness (QED) is 0.274. The highest BCUT2D eigenvalue weighted by molar-refractivity contribution is 9.10. The molecule has 1 fully saturated rings. The number of carbonyl (C=O) groups excluding carboxylic acids is 4. The molecule has 9 nitrogen and oxygen atoms in total. The number of benzene rings is 2. The summed E-state index contributed by atoms with van der Waals surface area (Å²) in [4.78, 5) is 52.1. The van der Waals surface area contributed by atoms with Crippen molar-refractivity contribution in [1.82, 2.24) is 4.90 Å². The summed E-state index contributed by atoms with van der Waals surface area (Å²) >= 11 is 3.32. The molecule has 2 aromatic carbocycles. The second-order valence-corrected chi connectivity index (χ2v) is 10.5. The Morgan fingerprint density at radius 1 is 1.08 bits per heavy atom. The lowest BCUT2D eigenvalue weighted by Gasteiger charge is -2.40. The van der Waals surface area contributed by atoms with Crippen molar-refractivity contribution in [2.45, 2.75) is 51.2 Å². The smallest absolute Gasteiger partial charge is 0.411 e. The largest absolute Gasteiger partial charge is 0.456 e. The summed E-state index contributed by atoms with van der Waals surface area (Å²) in [5, 5.41) is 2.51. The van der Waals surface area contributed by atoms with Crippen molar-refractivity contribution in [3.8, 4) is 0 Å². The number of nitrogens with zero attached hydrogens (tertiary/aromatic N) is 1. The zero-order valence-electron chi connectivity index (χ0n) is 21.3. The molecule has 2 atom stereocenters. The van der Waals surface area contributed by atoms with Gasteiger partial charge < -0.3 is 14.2 Å². The number of piperidine rings is 1. The van der Waals surface area contributed by atoms with Gasteiger partial charge in [0.1, 0.15) is 11.6 Å². The summed E-state index contributed by atoms with van der Waals surface area (Å²) in [7, 11) is 1.25. The van der Waals surface area contributed by atoms with Crippen LogP contribution in [0.2, 0.25) is 0 Å². The molecule has 0 aliphatic carbocycles. The maximum atomic E-state index is 13.4. The standard InChI is InChI=1S/C27H31BrN2O7/c1-27(2,3)37-26(34)30-14-8-11-19(17-9-6-5-7-10-17)23(30)24(32)36-16-22(31)20-13-12-18(15-21(20)28)29-25(33)35-4/h5-7,9-10,12-13,15,19,23H,8,11,14,16H2,1-4H3,(H,29,33)/t19-,23-/m0/s1. The number of amides is 2. The second-order valence-electron chi connectivity index (χ2n) is 9.62. The highest BCUT2D eigenvalue weighted by Crippen LogP contribution is 2.34. The van der Waals surface area contributed by atoms with Crippen molar-refractivity contribution >= 4 is 45.6 Å². The number of anilines is 1. The van der Waals surface area contributed by atoms with Crippen LogP contribution in [0.5, 0.6) is 0 Å². The Bertz CT molecular complexity index is 1150. The molecule has 0 unspecified atom stereocenters. The summed E-state index contributed by atoms with van der Waals surface area (Å²) < 4.78 is 16.0. The lowest BCUT2D eigenvalue weighted by molar-refractivity contribution is -0.150. The van der Waals surface area contributed by atoms with Gasteiger partial charge in [0.2, 0.25) is 5.78 Å². The molecule has 0 bridgehead atoms. The number of hydrogen-bond donors (Lipinski definition) is 1. The number of likely N-dealkylation sites (tertiary alicyclic amines) is 1. The van der Waals surface area contributed by atoms with Gasteiger partial charge in [-0.3, -0.25) is 15.0 Å². The van der Waals surface area contributed by atoms with Crippen LogP contribution in [0.3, 0.4) is 0 Å². The molecule has 0 spiro atoms. The van der Waals surface area contributed by atoms with Crippen molar-refractivity contribution < 1.29 is 33.4 Å². The Morgan fingerprint density at radius 3 is 2.41 bits per heavy atom. The number of ether oxygens (including phenoxy) is 3. The van der Waals surface area contributed by atoms with Crippen LogP contribution in [0.25, 0.3) is 0 Å². The van der Waals surface area contributed by atoms with Crippen LogP contribution in [-0.2, 0) is 19.0 Å². The fourth-order valence-electron chi connectivity index (χ4n) is 4.15. The van der Waals surface area contributed by atoms with Gasteiger partial charge in [0.05, 0.1) is 7.11 Å². The van der Waals surface area contributed by atoms with Gasteiger partial charge in [-0.25, -0.2) is 14.4 Å². The van der Waals surface area contributed by atoms with E-state index in [1.807, 2.05) is 30.3 Å². The van der Waals surface area contributed by atoms with E-state index in [0.29, 0.717) is 29.5 Å². The minimum absolute atomic E-state index is 0.274. The molecule has 1 aliphatic heterocycles. The van der Waals surface area contributed by atoms with Crippen molar-refractivity contribution in [3.63, 3.8) is 0 Å². The van der Waals surface area contributed by atoms with Crippen LogP contribution in [0.15, 0.2) is 53.0 Å². The summed E-state index contributed by atoms with van der Waals surface area (Å²) in [5.74, 6) is -1.42. The third-order valence-electron chi connectivity index (χ3n) is 5.78. The summed E-state index contributed by atoms with van der Waals surface area (Å²) in [6, 6.07) is 13.1. The zero-order valence-corrected chi connectivity index (χ0v) is 22.9. The Balaban J connectivity index is 1.78. The van der Waals surface area contributed by atoms with Crippen molar-refractivity contribution in [1.29, 1.82) is 0 Å². The number of methoxy groups -OCH3 is 1. The van der Waals surface area contributed by atoms with E-state index in [0.717, 1.165) is 5.56 Å². The number of nitrogens with one attached hydrogen (secondary N) is 1. The van der Waals surface area contributed by atoms with Crippen LogP contribution < -0.4 is 5.32 Å². The van der Waals surface area contributed by atoms with Crippen molar-refractivity contribution in [3.05, 3.63) is 64.1 Å². The monoisotopic (exact) mass is 574 g/mol. The van der Waals surface area contributed by atoms with Gasteiger partial charge in [0.25, 0.3) is 0 Å². The van der Waals surface area contributed by atoms with Crippen LogP contribution in [0.4, 0.5) is 15.3 Å². The molecule has 1 heterocycles. The zero-order chi connectivity index (χ0) is 27.2.